The van der Waals surface area contributed by atoms with Crippen LogP contribution < -0.4 is 0 Å². The lowest BCUT2D eigenvalue weighted by atomic mass is 9.79. The van der Waals surface area contributed by atoms with E-state index in [9.17, 15) is 0 Å². The zero-order valence-electron chi connectivity index (χ0n) is 8.07. The van der Waals surface area contributed by atoms with Crippen molar-refractivity contribution in [1.29, 1.82) is 0 Å². The van der Waals surface area contributed by atoms with Crippen LogP contribution in [0.1, 0.15) is 40.5 Å². The Kier molecular flexibility index (Phi) is 2.22. The average Bonchev–Trinajstić information content (AvgIpc) is 2.36. The van der Waals surface area contributed by atoms with E-state index in [0.717, 1.165) is 6.42 Å². The topological polar surface area (TPSA) is 0 Å². The molecule has 0 amide bonds. The van der Waals surface area contributed by atoms with Gasteiger partial charge in [-0.25, -0.2) is 0 Å². The van der Waals surface area contributed by atoms with Gasteiger partial charge in [-0.2, -0.15) is 0 Å². The largest absolute Gasteiger partial charge is 0.0775 e. The summed E-state index contributed by atoms with van der Waals surface area (Å²) in [4.78, 5) is 0. The number of hydrogen-bond acceptors (Lipinski definition) is 0. The molecule has 0 heteroatoms. The molecule has 1 rings (SSSR count). The highest BCUT2D eigenvalue weighted by Crippen LogP contribution is 2.37. The van der Waals surface area contributed by atoms with Gasteiger partial charge in [0.2, 0.25) is 0 Å². The van der Waals surface area contributed by atoms with Crippen molar-refractivity contribution in [2.75, 3.05) is 0 Å². The van der Waals surface area contributed by atoms with Gasteiger partial charge in [-0.3, -0.25) is 0 Å². The molecule has 0 aromatic heterocycles. The summed E-state index contributed by atoms with van der Waals surface area (Å²) >= 11 is 0. The van der Waals surface area contributed by atoms with Crippen LogP contribution in [0.4, 0.5) is 0 Å². The monoisotopic (exact) mass is 150 g/mol. The quantitative estimate of drug-likeness (QED) is 0.563. The van der Waals surface area contributed by atoms with Gasteiger partial charge in [0.05, 0.1) is 0 Å². The van der Waals surface area contributed by atoms with Gasteiger partial charge in [0, 0.05) is 0 Å². The van der Waals surface area contributed by atoms with Gasteiger partial charge >= 0.3 is 0 Å². The van der Waals surface area contributed by atoms with Gasteiger partial charge in [-0.1, -0.05) is 38.5 Å². The lowest BCUT2D eigenvalue weighted by Gasteiger charge is -2.25. The molecule has 0 atom stereocenters. The minimum absolute atomic E-state index is 0.386. The van der Waals surface area contributed by atoms with Gasteiger partial charge in [0.1, 0.15) is 0 Å². The van der Waals surface area contributed by atoms with Crippen molar-refractivity contribution in [2.24, 2.45) is 5.41 Å². The summed E-state index contributed by atoms with van der Waals surface area (Å²) in [6, 6.07) is 0. The summed E-state index contributed by atoms with van der Waals surface area (Å²) in [6.07, 6.45) is 7.04. The Balaban J connectivity index is 2.84. The first-order chi connectivity index (χ1) is 5.08. The van der Waals surface area contributed by atoms with Gasteiger partial charge < -0.3 is 0 Å². The summed E-state index contributed by atoms with van der Waals surface area (Å²) in [5, 5.41) is 0. The molecule has 0 nitrogen and oxygen atoms in total. The molecular weight excluding hydrogens is 132 g/mol. The first-order valence-electron chi connectivity index (χ1n) is 4.45. The molecule has 62 valence electrons. The lowest BCUT2D eigenvalue weighted by Crippen LogP contribution is -2.12. The molecule has 0 spiro atoms. The molecule has 0 saturated heterocycles. The predicted octanol–water partition coefficient (Wildman–Crippen LogP) is 3.70. The average molecular weight is 150 g/mol. The van der Waals surface area contributed by atoms with E-state index < -0.39 is 0 Å². The summed E-state index contributed by atoms with van der Waals surface area (Å²) in [6.45, 7) is 9.12. The third-order valence-corrected chi connectivity index (χ3v) is 2.78. The second kappa shape index (κ2) is 2.84. The Labute approximate surface area is 70.0 Å². The highest BCUT2D eigenvalue weighted by Gasteiger charge is 2.23. The fraction of sp³-hybridized carbons (Fsp3) is 0.636. The molecule has 1 aliphatic carbocycles. The zero-order chi connectivity index (χ0) is 8.48. The van der Waals surface area contributed by atoms with E-state index in [1.165, 1.54) is 12.0 Å². The fourth-order valence-electron chi connectivity index (χ4n) is 1.62. The van der Waals surface area contributed by atoms with Crippen molar-refractivity contribution in [3.05, 3.63) is 23.3 Å². The highest BCUT2D eigenvalue weighted by atomic mass is 14.3. The fourth-order valence-corrected chi connectivity index (χ4v) is 1.62. The first-order valence-corrected chi connectivity index (χ1v) is 4.45. The Morgan fingerprint density at radius 2 is 2.00 bits per heavy atom. The summed E-state index contributed by atoms with van der Waals surface area (Å²) in [5.41, 5.74) is 3.42. The molecule has 0 aromatic rings. The van der Waals surface area contributed by atoms with Crippen molar-refractivity contribution in [3.63, 3.8) is 0 Å². The predicted molar refractivity (Wildman–Crippen MR) is 50.5 cm³/mol. The van der Waals surface area contributed by atoms with E-state index in [1.807, 2.05) is 0 Å². The molecular formula is C11H18. The van der Waals surface area contributed by atoms with E-state index in [0.29, 0.717) is 5.41 Å². The second-order valence-electron chi connectivity index (χ2n) is 3.98. The Morgan fingerprint density at radius 1 is 1.36 bits per heavy atom. The minimum atomic E-state index is 0.386. The number of rotatable bonds is 2. The van der Waals surface area contributed by atoms with Crippen LogP contribution in [-0.4, -0.2) is 0 Å². The molecule has 0 aliphatic heterocycles. The van der Waals surface area contributed by atoms with Crippen molar-refractivity contribution in [1.82, 2.24) is 0 Å². The Bertz CT molecular complexity index is 204. The summed E-state index contributed by atoms with van der Waals surface area (Å²) in [5.74, 6) is 0. The SMILES string of the molecule is CCC(C)(C)C1=CCC=C1C. The summed E-state index contributed by atoms with van der Waals surface area (Å²) < 4.78 is 0. The smallest absolute Gasteiger partial charge is 0.0107 e. The van der Waals surface area contributed by atoms with Gasteiger partial charge in [-0.15, -0.1) is 0 Å². The van der Waals surface area contributed by atoms with Crippen molar-refractivity contribution in [2.45, 2.75) is 40.5 Å². The minimum Gasteiger partial charge on any atom is -0.0775 e. The van der Waals surface area contributed by atoms with Crippen LogP contribution in [-0.2, 0) is 0 Å². The normalized spacial score (nSPS) is 18.2. The molecule has 0 saturated carbocycles. The third kappa shape index (κ3) is 1.55. The molecule has 1 aliphatic rings. The zero-order valence-corrected chi connectivity index (χ0v) is 8.07. The van der Waals surface area contributed by atoms with Gasteiger partial charge in [0.15, 0.2) is 0 Å². The maximum atomic E-state index is 2.36. The van der Waals surface area contributed by atoms with Crippen LogP contribution in [0.15, 0.2) is 23.3 Å². The van der Waals surface area contributed by atoms with Crippen LogP contribution in [0.25, 0.3) is 0 Å². The van der Waals surface area contributed by atoms with Crippen molar-refractivity contribution in [3.8, 4) is 0 Å². The molecule has 0 bridgehead atoms. The Hall–Kier alpha value is -0.520. The number of allylic oxidation sites excluding steroid dienone is 4. The van der Waals surface area contributed by atoms with E-state index in [2.05, 4.69) is 39.8 Å². The first kappa shape index (κ1) is 8.58. The molecule has 0 heterocycles. The van der Waals surface area contributed by atoms with E-state index in [-0.39, 0.29) is 0 Å². The maximum absolute atomic E-state index is 2.36. The molecule has 0 N–H and O–H groups in total. The molecule has 0 radical (unpaired) electrons. The van der Waals surface area contributed by atoms with E-state index >= 15 is 0 Å². The molecule has 11 heavy (non-hydrogen) atoms. The second-order valence-corrected chi connectivity index (χ2v) is 3.98. The Morgan fingerprint density at radius 3 is 2.36 bits per heavy atom. The van der Waals surface area contributed by atoms with Crippen LogP contribution >= 0.6 is 0 Å². The summed E-state index contributed by atoms with van der Waals surface area (Å²) in [7, 11) is 0. The van der Waals surface area contributed by atoms with E-state index in [4.69, 9.17) is 0 Å². The van der Waals surface area contributed by atoms with Crippen molar-refractivity contribution < 1.29 is 0 Å². The van der Waals surface area contributed by atoms with Gasteiger partial charge in [0.25, 0.3) is 0 Å². The molecule has 0 unspecified atom stereocenters. The highest BCUT2D eigenvalue weighted by molar-refractivity contribution is 5.39. The standard InChI is InChI=1S/C11H18/c1-5-11(3,4)10-8-6-7-9(10)2/h7-8H,5-6H2,1-4H3. The van der Waals surface area contributed by atoms with Crippen molar-refractivity contribution >= 4 is 0 Å². The van der Waals surface area contributed by atoms with Crippen LogP contribution in [0.2, 0.25) is 0 Å². The third-order valence-electron chi connectivity index (χ3n) is 2.78. The lowest BCUT2D eigenvalue weighted by molar-refractivity contribution is 0.436. The number of hydrogen-bond donors (Lipinski definition) is 0. The van der Waals surface area contributed by atoms with E-state index in [1.54, 1.807) is 5.57 Å². The van der Waals surface area contributed by atoms with Crippen LogP contribution in [0.3, 0.4) is 0 Å². The van der Waals surface area contributed by atoms with Crippen LogP contribution in [0, 0.1) is 5.41 Å². The van der Waals surface area contributed by atoms with Crippen LogP contribution in [0.5, 0.6) is 0 Å². The maximum Gasteiger partial charge on any atom is -0.0107 e. The van der Waals surface area contributed by atoms with Gasteiger partial charge in [-0.05, 0) is 30.8 Å². The molecule has 0 fully saturated rings. The molecule has 0 aromatic carbocycles.